The van der Waals surface area contributed by atoms with Gasteiger partial charge in [-0.05, 0) is 68.1 Å². The van der Waals surface area contributed by atoms with Crippen LogP contribution in [0.3, 0.4) is 0 Å². The van der Waals surface area contributed by atoms with E-state index in [9.17, 15) is 5.11 Å². The zero-order valence-corrected chi connectivity index (χ0v) is 13.8. The minimum Gasteiger partial charge on any atom is -0.393 e. The van der Waals surface area contributed by atoms with Crippen LogP contribution < -0.4 is 5.73 Å². The lowest BCUT2D eigenvalue weighted by Gasteiger charge is -2.57. The molecule has 2 nitrogen and oxygen atoms in total. The molecular formula is C19H32NO+. The van der Waals surface area contributed by atoms with E-state index in [-0.39, 0.29) is 6.10 Å². The van der Waals surface area contributed by atoms with Gasteiger partial charge >= 0.3 is 0 Å². The van der Waals surface area contributed by atoms with E-state index < -0.39 is 0 Å². The molecule has 3 saturated carbocycles. The van der Waals surface area contributed by atoms with Crippen LogP contribution in [0.5, 0.6) is 0 Å². The first kappa shape index (κ1) is 14.3. The molecule has 3 fully saturated rings. The van der Waals surface area contributed by atoms with Gasteiger partial charge in [-0.1, -0.05) is 25.5 Å². The number of rotatable bonds is 0. The number of quaternary nitrogens is 1. The number of hydrogen-bond acceptors (Lipinski definition) is 1. The summed E-state index contributed by atoms with van der Waals surface area (Å²) in [5, 5.41) is 10.0. The molecule has 4 aliphatic rings. The highest BCUT2D eigenvalue weighted by atomic mass is 16.3. The van der Waals surface area contributed by atoms with Crippen molar-refractivity contribution in [2.24, 2.45) is 28.6 Å². The summed E-state index contributed by atoms with van der Waals surface area (Å²) in [7, 11) is 0. The van der Waals surface area contributed by atoms with Gasteiger partial charge in [0.15, 0.2) is 0 Å². The number of aliphatic hydroxyl groups excluding tert-OH is 1. The van der Waals surface area contributed by atoms with Crippen molar-refractivity contribution in [3.8, 4) is 0 Å². The highest BCUT2D eigenvalue weighted by Gasteiger charge is 2.59. The lowest BCUT2D eigenvalue weighted by molar-refractivity contribution is -0.445. The minimum absolute atomic E-state index is 0.0783. The SMILES string of the molecule is C[C@]12CC[C@@H]3[C@H](CC=C4C[C@@H](O)CC[C@@]43C)[C@@H]1CC[C@@H]2[NH3+]. The third-order valence-electron chi connectivity index (χ3n) is 8.27. The monoisotopic (exact) mass is 290 g/mol. The van der Waals surface area contributed by atoms with Gasteiger partial charge in [0.05, 0.1) is 12.1 Å². The predicted molar refractivity (Wildman–Crippen MR) is 84.4 cm³/mol. The molecule has 0 unspecified atom stereocenters. The van der Waals surface area contributed by atoms with Gasteiger partial charge in [0, 0.05) is 11.8 Å². The molecule has 0 amide bonds. The van der Waals surface area contributed by atoms with Gasteiger partial charge in [-0.15, -0.1) is 0 Å². The zero-order valence-electron chi connectivity index (χ0n) is 13.8. The Morgan fingerprint density at radius 1 is 1.10 bits per heavy atom. The molecule has 0 spiro atoms. The highest BCUT2D eigenvalue weighted by Crippen LogP contribution is 2.64. The highest BCUT2D eigenvalue weighted by molar-refractivity contribution is 5.25. The molecule has 0 aromatic rings. The summed E-state index contributed by atoms with van der Waals surface area (Å²) in [6.07, 6.45) is 12.4. The van der Waals surface area contributed by atoms with E-state index in [2.05, 4.69) is 25.7 Å². The number of hydrogen-bond donors (Lipinski definition) is 2. The lowest BCUT2D eigenvalue weighted by atomic mass is 9.48. The average Bonchev–Trinajstić information content (AvgIpc) is 2.76. The molecule has 0 saturated heterocycles. The lowest BCUT2D eigenvalue weighted by Crippen LogP contribution is -2.68. The van der Waals surface area contributed by atoms with Crippen LogP contribution in [0.2, 0.25) is 0 Å². The molecular weight excluding hydrogens is 258 g/mol. The van der Waals surface area contributed by atoms with Crippen molar-refractivity contribution in [1.29, 1.82) is 0 Å². The molecule has 0 radical (unpaired) electrons. The molecule has 2 heteroatoms. The van der Waals surface area contributed by atoms with Crippen molar-refractivity contribution < 1.29 is 10.8 Å². The number of fused-ring (bicyclic) bond motifs is 5. The van der Waals surface area contributed by atoms with E-state index >= 15 is 0 Å². The zero-order chi connectivity index (χ0) is 14.8. The van der Waals surface area contributed by atoms with E-state index in [1.54, 1.807) is 5.57 Å². The Labute approximate surface area is 129 Å². The molecule has 0 bridgehead atoms. The summed E-state index contributed by atoms with van der Waals surface area (Å²) < 4.78 is 0. The Bertz CT molecular complexity index is 472. The van der Waals surface area contributed by atoms with Crippen molar-refractivity contribution >= 4 is 0 Å². The fourth-order valence-corrected chi connectivity index (χ4v) is 6.75. The standard InChI is InChI=1S/C19H31NO/c1-18-9-7-13(21)11-12(18)3-4-14-15-5-6-17(20)19(15,2)10-8-16(14)18/h3,13-17,21H,4-11,20H2,1-2H3/p+1/t13-,14+,15-,16+,17-,18-,19-/m0/s1. The largest absolute Gasteiger partial charge is 0.393 e. The smallest absolute Gasteiger partial charge is 0.0900 e. The molecule has 118 valence electrons. The first-order valence-corrected chi connectivity index (χ1v) is 9.16. The Kier molecular flexibility index (Phi) is 3.11. The maximum Gasteiger partial charge on any atom is 0.0900 e. The predicted octanol–water partition coefficient (Wildman–Crippen LogP) is 2.92. The Balaban J connectivity index is 1.68. The second-order valence-corrected chi connectivity index (χ2v) is 8.97. The Morgan fingerprint density at radius 2 is 1.90 bits per heavy atom. The van der Waals surface area contributed by atoms with E-state index in [0.29, 0.717) is 16.9 Å². The van der Waals surface area contributed by atoms with Crippen LogP contribution in [0.4, 0.5) is 0 Å². The van der Waals surface area contributed by atoms with Crippen molar-refractivity contribution in [2.45, 2.75) is 77.4 Å². The van der Waals surface area contributed by atoms with Crippen LogP contribution in [0.1, 0.15) is 65.2 Å². The van der Waals surface area contributed by atoms with Crippen LogP contribution in [0.15, 0.2) is 11.6 Å². The molecule has 4 N–H and O–H groups in total. The van der Waals surface area contributed by atoms with E-state index in [1.807, 2.05) is 0 Å². The third-order valence-corrected chi connectivity index (χ3v) is 8.27. The molecule has 0 heterocycles. The second kappa shape index (κ2) is 4.58. The van der Waals surface area contributed by atoms with Gasteiger partial charge in [0.1, 0.15) is 0 Å². The number of allylic oxidation sites excluding steroid dienone is 1. The van der Waals surface area contributed by atoms with Crippen LogP contribution >= 0.6 is 0 Å². The van der Waals surface area contributed by atoms with Gasteiger partial charge in [-0.3, -0.25) is 0 Å². The summed E-state index contributed by atoms with van der Waals surface area (Å²) in [6.45, 7) is 5.05. The van der Waals surface area contributed by atoms with E-state index in [1.165, 1.54) is 38.5 Å². The molecule has 0 aliphatic heterocycles. The Hall–Kier alpha value is -0.340. The van der Waals surface area contributed by atoms with Crippen molar-refractivity contribution in [2.75, 3.05) is 0 Å². The van der Waals surface area contributed by atoms with Crippen LogP contribution in [0, 0.1) is 28.6 Å². The van der Waals surface area contributed by atoms with Crippen molar-refractivity contribution in [3.05, 3.63) is 11.6 Å². The summed E-state index contributed by atoms with van der Waals surface area (Å²) in [5.74, 6) is 2.66. The average molecular weight is 290 g/mol. The van der Waals surface area contributed by atoms with Crippen molar-refractivity contribution in [3.63, 3.8) is 0 Å². The fourth-order valence-electron chi connectivity index (χ4n) is 6.75. The topological polar surface area (TPSA) is 47.9 Å². The van der Waals surface area contributed by atoms with Gasteiger partial charge in [-0.25, -0.2) is 0 Å². The van der Waals surface area contributed by atoms with Crippen LogP contribution in [-0.4, -0.2) is 17.3 Å². The minimum atomic E-state index is -0.0783. The summed E-state index contributed by atoms with van der Waals surface area (Å²) in [4.78, 5) is 0. The van der Waals surface area contributed by atoms with Crippen molar-refractivity contribution in [1.82, 2.24) is 0 Å². The third kappa shape index (κ3) is 1.84. The first-order valence-electron chi connectivity index (χ1n) is 9.16. The summed E-state index contributed by atoms with van der Waals surface area (Å²) >= 11 is 0. The molecule has 4 rings (SSSR count). The molecule has 4 aliphatic carbocycles. The van der Waals surface area contributed by atoms with Gasteiger partial charge in [0.2, 0.25) is 0 Å². The summed E-state index contributed by atoms with van der Waals surface area (Å²) in [6, 6.07) is 0.676. The van der Waals surface area contributed by atoms with E-state index in [0.717, 1.165) is 30.6 Å². The van der Waals surface area contributed by atoms with Crippen LogP contribution in [0.25, 0.3) is 0 Å². The molecule has 0 aromatic carbocycles. The fraction of sp³-hybridized carbons (Fsp3) is 0.895. The summed E-state index contributed by atoms with van der Waals surface area (Å²) in [5.41, 5.74) is 6.99. The normalized spacial score (nSPS) is 56.2. The second-order valence-electron chi connectivity index (χ2n) is 8.97. The number of aliphatic hydroxyl groups is 1. The first-order chi connectivity index (χ1) is 9.95. The molecule has 21 heavy (non-hydrogen) atoms. The molecule has 7 atom stereocenters. The van der Waals surface area contributed by atoms with E-state index in [4.69, 9.17) is 0 Å². The van der Waals surface area contributed by atoms with Gasteiger partial charge < -0.3 is 10.8 Å². The molecule has 0 aromatic heterocycles. The van der Waals surface area contributed by atoms with Gasteiger partial charge in [0.25, 0.3) is 0 Å². The van der Waals surface area contributed by atoms with Crippen LogP contribution in [-0.2, 0) is 0 Å². The maximum atomic E-state index is 10.0. The quantitative estimate of drug-likeness (QED) is 0.662. The maximum absolute atomic E-state index is 10.0. The Morgan fingerprint density at radius 3 is 2.71 bits per heavy atom. The van der Waals surface area contributed by atoms with Gasteiger partial charge in [-0.2, -0.15) is 0 Å².